The van der Waals surface area contributed by atoms with Crippen molar-refractivity contribution in [2.45, 2.75) is 26.3 Å². The average molecular weight is 256 g/mol. The molecule has 1 atom stereocenters. The lowest BCUT2D eigenvalue weighted by molar-refractivity contribution is 0.317. The standard InChI is InChI=1S/C16H20N2O/c1-3-9-19-14-6-4-5-13(10-14)16(17)15-11-18-8-7-12(15)2/h4-8,10-11,16H,3,9,17H2,1-2H3. The number of nitrogens with two attached hydrogens (primary N) is 1. The molecule has 0 aliphatic rings. The molecule has 0 aliphatic heterocycles. The van der Waals surface area contributed by atoms with E-state index in [1.165, 1.54) is 0 Å². The number of hydrogen-bond donors (Lipinski definition) is 1. The van der Waals surface area contributed by atoms with Gasteiger partial charge in [0, 0.05) is 12.4 Å². The van der Waals surface area contributed by atoms with Gasteiger partial charge in [-0.25, -0.2) is 0 Å². The van der Waals surface area contributed by atoms with Crippen molar-refractivity contribution < 1.29 is 4.74 Å². The number of ether oxygens (including phenoxy) is 1. The lowest BCUT2D eigenvalue weighted by Crippen LogP contribution is -2.13. The average Bonchev–Trinajstić information content (AvgIpc) is 2.45. The van der Waals surface area contributed by atoms with Crippen molar-refractivity contribution in [1.82, 2.24) is 4.98 Å². The number of aryl methyl sites for hydroxylation is 1. The molecule has 3 nitrogen and oxygen atoms in total. The zero-order valence-electron chi connectivity index (χ0n) is 11.5. The molecule has 2 rings (SSSR count). The monoisotopic (exact) mass is 256 g/mol. The predicted molar refractivity (Wildman–Crippen MR) is 77.2 cm³/mol. The molecule has 0 amide bonds. The minimum atomic E-state index is -0.168. The second kappa shape index (κ2) is 6.34. The summed E-state index contributed by atoms with van der Waals surface area (Å²) in [7, 11) is 0. The van der Waals surface area contributed by atoms with Gasteiger partial charge < -0.3 is 10.5 Å². The van der Waals surface area contributed by atoms with Gasteiger partial charge in [0.05, 0.1) is 12.6 Å². The second-order valence-corrected chi connectivity index (χ2v) is 4.63. The third-order valence-electron chi connectivity index (χ3n) is 3.10. The number of benzene rings is 1. The molecule has 3 heteroatoms. The van der Waals surface area contributed by atoms with Crippen LogP contribution < -0.4 is 10.5 Å². The molecule has 0 spiro atoms. The zero-order valence-corrected chi connectivity index (χ0v) is 11.5. The molecule has 0 radical (unpaired) electrons. The summed E-state index contributed by atoms with van der Waals surface area (Å²) in [5.41, 5.74) is 9.57. The Morgan fingerprint density at radius 1 is 1.32 bits per heavy atom. The molecular weight excluding hydrogens is 236 g/mol. The molecule has 0 fully saturated rings. The Bertz CT molecular complexity index is 540. The van der Waals surface area contributed by atoms with Gasteiger partial charge >= 0.3 is 0 Å². The summed E-state index contributed by atoms with van der Waals surface area (Å²) < 4.78 is 5.64. The van der Waals surface area contributed by atoms with Gasteiger partial charge in [0.25, 0.3) is 0 Å². The Hall–Kier alpha value is -1.87. The maximum absolute atomic E-state index is 6.32. The summed E-state index contributed by atoms with van der Waals surface area (Å²) in [5.74, 6) is 0.872. The van der Waals surface area contributed by atoms with E-state index in [2.05, 4.69) is 11.9 Å². The molecule has 2 N–H and O–H groups in total. The van der Waals surface area contributed by atoms with Crippen molar-refractivity contribution in [3.63, 3.8) is 0 Å². The summed E-state index contributed by atoms with van der Waals surface area (Å²) in [6.07, 6.45) is 4.61. The number of hydrogen-bond acceptors (Lipinski definition) is 3. The van der Waals surface area contributed by atoms with Crippen molar-refractivity contribution in [3.8, 4) is 5.75 Å². The maximum atomic E-state index is 6.32. The topological polar surface area (TPSA) is 48.1 Å². The van der Waals surface area contributed by atoms with Crippen LogP contribution in [0.25, 0.3) is 0 Å². The first kappa shape index (κ1) is 13.6. The summed E-state index contributed by atoms with van der Waals surface area (Å²) in [6.45, 7) is 4.87. The molecule has 1 aromatic heterocycles. The Balaban J connectivity index is 2.24. The Morgan fingerprint density at radius 3 is 2.89 bits per heavy atom. The molecule has 100 valence electrons. The summed E-state index contributed by atoms with van der Waals surface area (Å²) in [4.78, 5) is 4.15. The van der Waals surface area contributed by atoms with Gasteiger partial charge in [-0.15, -0.1) is 0 Å². The normalized spacial score (nSPS) is 12.2. The fourth-order valence-electron chi connectivity index (χ4n) is 2.00. The van der Waals surface area contributed by atoms with Crippen LogP contribution in [-0.4, -0.2) is 11.6 Å². The smallest absolute Gasteiger partial charge is 0.119 e. The van der Waals surface area contributed by atoms with Crippen molar-refractivity contribution in [1.29, 1.82) is 0 Å². The number of rotatable bonds is 5. The van der Waals surface area contributed by atoms with Crippen LogP contribution in [0.15, 0.2) is 42.7 Å². The van der Waals surface area contributed by atoms with E-state index >= 15 is 0 Å². The van der Waals surface area contributed by atoms with Crippen LogP contribution in [0.3, 0.4) is 0 Å². The highest BCUT2D eigenvalue weighted by atomic mass is 16.5. The van der Waals surface area contributed by atoms with Crippen molar-refractivity contribution >= 4 is 0 Å². The Labute approximate surface area is 114 Å². The zero-order chi connectivity index (χ0) is 13.7. The van der Waals surface area contributed by atoms with Crippen LogP contribution in [0, 0.1) is 6.92 Å². The van der Waals surface area contributed by atoms with Crippen molar-refractivity contribution in [3.05, 3.63) is 59.4 Å². The van der Waals surface area contributed by atoms with E-state index in [4.69, 9.17) is 10.5 Å². The predicted octanol–water partition coefficient (Wildman–Crippen LogP) is 3.23. The van der Waals surface area contributed by atoms with E-state index in [1.54, 1.807) is 6.20 Å². The maximum Gasteiger partial charge on any atom is 0.119 e. The summed E-state index contributed by atoms with van der Waals surface area (Å²) >= 11 is 0. The minimum Gasteiger partial charge on any atom is -0.494 e. The van der Waals surface area contributed by atoms with Crippen molar-refractivity contribution in [2.24, 2.45) is 5.73 Å². The Kier molecular flexibility index (Phi) is 4.53. The lowest BCUT2D eigenvalue weighted by Gasteiger charge is -2.15. The molecule has 0 aliphatic carbocycles. The molecule has 0 saturated carbocycles. The molecule has 2 aromatic rings. The molecule has 0 bridgehead atoms. The molecule has 1 aromatic carbocycles. The highest BCUT2D eigenvalue weighted by Crippen LogP contribution is 2.24. The molecular formula is C16H20N2O. The number of aromatic nitrogens is 1. The highest BCUT2D eigenvalue weighted by molar-refractivity contribution is 5.38. The van der Waals surface area contributed by atoms with Crippen molar-refractivity contribution in [2.75, 3.05) is 6.61 Å². The minimum absolute atomic E-state index is 0.168. The third-order valence-corrected chi connectivity index (χ3v) is 3.10. The molecule has 1 heterocycles. The summed E-state index contributed by atoms with van der Waals surface area (Å²) in [6, 6.07) is 9.78. The van der Waals surface area contributed by atoms with Gasteiger partial charge in [-0.1, -0.05) is 19.1 Å². The van der Waals surface area contributed by atoms with Crippen LogP contribution in [0.5, 0.6) is 5.75 Å². The first-order valence-corrected chi connectivity index (χ1v) is 6.61. The van der Waals surface area contributed by atoms with Crippen LogP contribution >= 0.6 is 0 Å². The van der Waals surface area contributed by atoms with Gasteiger partial charge in [0.15, 0.2) is 0 Å². The summed E-state index contributed by atoms with van der Waals surface area (Å²) in [5, 5.41) is 0. The van der Waals surface area contributed by atoms with E-state index < -0.39 is 0 Å². The lowest BCUT2D eigenvalue weighted by atomic mass is 9.97. The van der Waals surface area contributed by atoms with Crippen LogP contribution in [0.4, 0.5) is 0 Å². The van der Waals surface area contributed by atoms with E-state index in [1.807, 2.05) is 43.5 Å². The van der Waals surface area contributed by atoms with Crippen LogP contribution in [0.1, 0.15) is 36.1 Å². The van der Waals surface area contributed by atoms with E-state index in [9.17, 15) is 0 Å². The number of pyridine rings is 1. The van der Waals surface area contributed by atoms with Crippen LogP contribution in [-0.2, 0) is 0 Å². The fourth-order valence-corrected chi connectivity index (χ4v) is 2.00. The highest BCUT2D eigenvalue weighted by Gasteiger charge is 2.12. The largest absolute Gasteiger partial charge is 0.494 e. The number of nitrogens with zero attached hydrogens (tertiary/aromatic N) is 1. The molecule has 1 unspecified atom stereocenters. The van der Waals surface area contributed by atoms with E-state index in [-0.39, 0.29) is 6.04 Å². The van der Waals surface area contributed by atoms with Gasteiger partial charge in [-0.2, -0.15) is 0 Å². The fraction of sp³-hybridized carbons (Fsp3) is 0.312. The second-order valence-electron chi connectivity index (χ2n) is 4.63. The van der Waals surface area contributed by atoms with Gasteiger partial charge in [0.1, 0.15) is 5.75 Å². The molecule has 19 heavy (non-hydrogen) atoms. The van der Waals surface area contributed by atoms with E-state index in [0.29, 0.717) is 0 Å². The Morgan fingerprint density at radius 2 is 2.16 bits per heavy atom. The van der Waals surface area contributed by atoms with E-state index in [0.717, 1.165) is 35.5 Å². The van der Waals surface area contributed by atoms with Gasteiger partial charge in [-0.05, 0) is 48.2 Å². The third kappa shape index (κ3) is 3.32. The van der Waals surface area contributed by atoms with Gasteiger partial charge in [0.2, 0.25) is 0 Å². The van der Waals surface area contributed by atoms with Crippen LogP contribution in [0.2, 0.25) is 0 Å². The quantitative estimate of drug-likeness (QED) is 0.893. The first-order chi connectivity index (χ1) is 9.22. The van der Waals surface area contributed by atoms with Gasteiger partial charge in [-0.3, -0.25) is 4.98 Å². The SMILES string of the molecule is CCCOc1cccc(C(N)c2cnccc2C)c1. The first-order valence-electron chi connectivity index (χ1n) is 6.61. The molecule has 0 saturated heterocycles.